The van der Waals surface area contributed by atoms with Crippen molar-refractivity contribution in [3.63, 3.8) is 0 Å². The summed E-state index contributed by atoms with van der Waals surface area (Å²) in [7, 11) is 0. The second kappa shape index (κ2) is 8.44. The predicted octanol–water partition coefficient (Wildman–Crippen LogP) is 1.58. The number of nitrogens with zero attached hydrogens (tertiary/aromatic N) is 4. The smallest absolute Gasteiger partial charge is 0.287 e. The molecule has 31 heavy (non-hydrogen) atoms. The van der Waals surface area contributed by atoms with Crippen molar-refractivity contribution in [1.29, 1.82) is 0 Å². The average Bonchev–Trinajstić information content (AvgIpc) is 3.37. The maximum Gasteiger partial charge on any atom is 0.287 e. The summed E-state index contributed by atoms with van der Waals surface area (Å²) >= 11 is 1.53. The standard InChI is InChI=1S/C21H18N6O3S/c1-12-24-9-16(27(12)18-6-7-23-11-25-18)21(30)26-15(19(28)20(22)29)8-13-10-31-17-5-3-2-4-14(13)17/h2-7,9-11,15H,8H2,1H3,(H2,22,29)(H,26,30). The van der Waals surface area contributed by atoms with Crippen molar-refractivity contribution in [3.8, 4) is 5.82 Å². The van der Waals surface area contributed by atoms with Gasteiger partial charge in [0.1, 0.15) is 29.7 Å². The number of carbonyl (C=O) groups excluding carboxylic acids is 3. The van der Waals surface area contributed by atoms with Gasteiger partial charge in [-0.1, -0.05) is 18.2 Å². The van der Waals surface area contributed by atoms with Gasteiger partial charge in [0, 0.05) is 17.3 Å². The molecule has 3 heterocycles. The molecular formula is C21H18N6O3S. The topological polar surface area (TPSA) is 133 Å². The summed E-state index contributed by atoms with van der Waals surface area (Å²) in [5, 5.41) is 5.53. The van der Waals surface area contributed by atoms with Crippen LogP contribution in [0.1, 0.15) is 21.9 Å². The lowest BCUT2D eigenvalue weighted by molar-refractivity contribution is -0.137. The Morgan fingerprint density at radius 2 is 2.00 bits per heavy atom. The van der Waals surface area contributed by atoms with Gasteiger partial charge in [-0.05, 0) is 35.4 Å². The maximum absolute atomic E-state index is 13.1. The summed E-state index contributed by atoms with van der Waals surface area (Å²) in [6, 6.07) is 8.24. The van der Waals surface area contributed by atoms with E-state index in [4.69, 9.17) is 5.73 Å². The lowest BCUT2D eigenvalue weighted by Crippen LogP contribution is -2.47. The third-order valence-corrected chi connectivity index (χ3v) is 5.83. The van der Waals surface area contributed by atoms with Crippen molar-refractivity contribution in [3.05, 3.63) is 71.5 Å². The second-order valence-electron chi connectivity index (χ2n) is 6.81. The number of benzene rings is 1. The lowest BCUT2D eigenvalue weighted by Gasteiger charge is -2.17. The average molecular weight is 434 g/mol. The number of carbonyl (C=O) groups is 3. The van der Waals surface area contributed by atoms with Crippen molar-refractivity contribution in [2.75, 3.05) is 0 Å². The van der Waals surface area contributed by atoms with E-state index in [1.807, 2.05) is 29.6 Å². The number of aryl methyl sites for hydroxylation is 1. The van der Waals surface area contributed by atoms with E-state index >= 15 is 0 Å². The Kier molecular flexibility index (Phi) is 5.54. The largest absolute Gasteiger partial charge is 0.363 e. The Balaban J connectivity index is 1.65. The summed E-state index contributed by atoms with van der Waals surface area (Å²) in [5.41, 5.74) is 6.27. The normalized spacial score (nSPS) is 11.9. The number of aromatic nitrogens is 4. The van der Waals surface area contributed by atoms with Crippen molar-refractivity contribution < 1.29 is 14.4 Å². The SMILES string of the molecule is Cc1ncc(C(=O)NC(Cc2csc3ccccc23)C(=O)C(N)=O)n1-c1ccncn1. The van der Waals surface area contributed by atoms with E-state index in [0.29, 0.717) is 11.6 Å². The first-order chi connectivity index (χ1) is 15.0. The Morgan fingerprint density at radius 3 is 2.74 bits per heavy atom. The van der Waals surface area contributed by atoms with E-state index in [-0.39, 0.29) is 12.1 Å². The van der Waals surface area contributed by atoms with Gasteiger partial charge in [-0.2, -0.15) is 0 Å². The van der Waals surface area contributed by atoms with Gasteiger partial charge in [-0.25, -0.2) is 15.0 Å². The highest BCUT2D eigenvalue weighted by atomic mass is 32.1. The van der Waals surface area contributed by atoms with E-state index in [9.17, 15) is 14.4 Å². The molecule has 0 bridgehead atoms. The number of primary amides is 1. The molecule has 2 amide bonds. The fourth-order valence-electron chi connectivity index (χ4n) is 3.33. The zero-order valence-electron chi connectivity index (χ0n) is 16.5. The van der Waals surface area contributed by atoms with Crippen molar-refractivity contribution in [2.24, 2.45) is 5.73 Å². The highest BCUT2D eigenvalue weighted by Crippen LogP contribution is 2.26. The molecule has 0 saturated carbocycles. The molecule has 0 fully saturated rings. The molecule has 1 unspecified atom stereocenters. The number of thiophene rings is 1. The molecule has 0 aliphatic heterocycles. The van der Waals surface area contributed by atoms with E-state index in [0.717, 1.165) is 15.6 Å². The Bertz CT molecular complexity index is 1280. The van der Waals surface area contributed by atoms with Gasteiger partial charge < -0.3 is 11.1 Å². The van der Waals surface area contributed by atoms with Crippen molar-refractivity contribution in [2.45, 2.75) is 19.4 Å². The fraction of sp³-hybridized carbons (Fsp3) is 0.143. The Labute approximate surface area is 181 Å². The summed E-state index contributed by atoms with van der Waals surface area (Å²) < 4.78 is 2.59. The first-order valence-electron chi connectivity index (χ1n) is 9.36. The number of nitrogens with two attached hydrogens (primary N) is 1. The van der Waals surface area contributed by atoms with Crippen LogP contribution >= 0.6 is 11.3 Å². The molecule has 0 spiro atoms. The summed E-state index contributed by atoms with van der Waals surface area (Å²) in [5.74, 6) is -1.56. The molecule has 9 nitrogen and oxygen atoms in total. The van der Waals surface area contributed by atoms with Crippen LogP contribution in [-0.4, -0.2) is 43.2 Å². The van der Waals surface area contributed by atoms with Crippen LogP contribution in [0.5, 0.6) is 0 Å². The van der Waals surface area contributed by atoms with E-state index in [2.05, 4.69) is 20.3 Å². The Hall–Kier alpha value is -3.92. The number of ketones is 1. The van der Waals surface area contributed by atoms with Crippen LogP contribution in [0, 0.1) is 6.92 Å². The molecular weight excluding hydrogens is 416 g/mol. The fourth-order valence-corrected chi connectivity index (χ4v) is 4.31. The highest BCUT2D eigenvalue weighted by molar-refractivity contribution is 7.17. The maximum atomic E-state index is 13.1. The third kappa shape index (κ3) is 4.05. The first-order valence-corrected chi connectivity index (χ1v) is 10.2. The van der Waals surface area contributed by atoms with Gasteiger partial charge in [-0.15, -0.1) is 11.3 Å². The van der Waals surface area contributed by atoms with Crippen LogP contribution in [0.2, 0.25) is 0 Å². The number of hydrogen-bond acceptors (Lipinski definition) is 7. The molecule has 3 aromatic heterocycles. The molecule has 10 heteroatoms. The molecule has 3 N–H and O–H groups in total. The van der Waals surface area contributed by atoms with E-state index < -0.39 is 23.6 Å². The molecule has 0 aliphatic rings. The minimum atomic E-state index is -1.11. The molecule has 4 rings (SSSR count). The number of Topliss-reactive ketones (excluding diaryl/α,β-unsaturated/α-hetero) is 1. The number of nitrogens with one attached hydrogen (secondary N) is 1. The van der Waals surface area contributed by atoms with Crippen LogP contribution < -0.4 is 11.1 Å². The monoisotopic (exact) mass is 434 g/mol. The van der Waals surface area contributed by atoms with Gasteiger partial charge >= 0.3 is 0 Å². The second-order valence-corrected chi connectivity index (χ2v) is 7.72. The van der Waals surface area contributed by atoms with Gasteiger partial charge in [0.15, 0.2) is 0 Å². The molecule has 0 aliphatic carbocycles. The van der Waals surface area contributed by atoms with Crippen LogP contribution in [0.3, 0.4) is 0 Å². The number of amides is 2. The van der Waals surface area contributed by atoms with Gasteiger partial charge in [0.2, 0.25) is 5.78 Å². The van der Waals surface area contributed by atoms with Crippen molar-refractivity contribution >= 4 is 39.0 Å². The van der Waals surface area contributed by atoms with Crippen LogP contribution in [0.15, 0.2) is 54.4 Å². The third-order valence-electron chi connectivity index (χ3n) is 4.82. The van der Waals surface area contributed by atoms with Crippen LogP contribution in [-0.2, 0) is 16.0 Å². The van der Waals surface area contributed by atoms with Gasteiger partial charge in [-0.3, -0.25) is 19.0 Å². The molecule has 4 aromatic rings. The molecule has 0 saturated heterocycles. The number of hydrogen-bond donors (Lipinski definition) is 2. The first kappa shape index (κ1) is 20.4. The zero-order chi connectivity index (χ0) is 22.0. The van der Waals surface area contributed by atoms with E-state index in [1.54, 1.807) is 23.8 Å². The number of imidazole rings is 1. The minimum absolute atomic E-state index is 0.137. The Morgan fingerprint density at radius 1 is 1.19 bits per heavy atom. The highest BCUT2D eigenvalue weighted by Gasteiger charge is 2.28. The number of rotatable bonds is 7. The summed E-state index contributed by atoms with van der Waals surface area (Å²) in [6.45, 7) is 1.72. The summed E-state index contributed by atoms with van der Waals surface area (Å²) in [4.78, 5) is 49.4. The lowest BCUT2D eigenvalue weighted by atomic mass is 10.0. The van der Waals surface area contributed by atoms with Crippen LogP contribution in [0.25, 0.3) is 15.9 Å². The van der Waals surface area contributed by atoms with Gasteiger partial charge in [0.05, 0.1) is 6.20 Å². The molecule has 1 atom stereocenters. The summed E-state index contributed by atoms with van der Waals surface area (Å²) in [6.07, 6.45) is 4.43. The molecule has 156 valence electrons. The van der Waals surface area contributed by atoms with Crippen molar-refractivity contribution in [1.82, 2.24) is 24.8 Å². The number of fused-ring (bicyclic) bond motifs is 1. The molecule has 1 aromatic carbocycles. The van der Waals surface area contributed by atoms with Crippen LogP contribution in [0.4, 0.5) is 0 Å². The minimum Gasteiger partial charge on any atom is -0.363 e. The predicted molar refractivity (Wildman–Crippen MR) is 115 cm³/mol. The molecule has 0 radical (unpaired) electrons. The quantitative estimate of drug-likeness (QED) is 0.424. The van der Waals surface area contributed by atoms with E-state index in [1.165, 1.54) is 23.9 Å². The van der Waals surface area contributed by atoms with Gasteiger partial charge in [0.25, 0.3) is 11.8 Å². The zero-order valence-corrected chi connectivity index (χ0v) is 17.3.